The van der Waals surface area contributed by atoms with E-state index in [9.17, 15) is 22.4 Å². The first-order valence-electron chi connectivity index (χ1n) is 5.36. The van der Waals surface area contributed by atoms with E-state index in [4.69, 9.17) is 0 Å². The molecule has 0 radical (unpaired) electrons. The van der Waals surface area contributed by atoms with E-state index in [1.807, 2.05) is 0 Å². The number of carbonyl (C=O) groups is 1. The van der Waals surface area contributed by atoms with Gasteiger partial charge in [-0.25, -0.2) is 4.39 Å². The third-order valence-corrected chi connectivity index (χ3v) is 2.57. The summed E-state index contributed by atoms with van der Waals surface area (Å²) in [5, 5.41) is 0. The second-order valence-electron chi connectivity index (χ2n) is 3.89. The van der Waals surface area contributed by atoms with Gasteiger partial charge in [0.1, 0.15) is 5.82 Å². The normalized spacial score (nSPS) is 11.4. The Labute approximate surface area is 106 Å². The van der Waals surface area contributed by atoms with Gasteiger partial charge in [-0.1, -0.05) is 24.3 Å². The smallest absolute Gasteiger partial charge is 0.288 e. The van der Waals surface area contributed by atoms with Crippen molar-refractivity contribution in [2.45, 2.75) is 6.18 Å². The van der Waals surface area contributed by atoms with Gasteiger partial charge >= 0.3 is 6.18 Å². The Morgan fingerprint density at radius 3 is 2.26 bits per heavy atom. The number of carbonyl (C=O) groups excluding carboxylic acids is 1. The number of hydrogen-bond donors (Lipinski definition) is 0. The summed E-state index contributed by atoms with van der Waals surface area (Å²) >= 11 is 0. The zero-order chi connectivity index (χ0) is 14.0. The van der Waals surface area contributed by atoms with Crippen LogP contribution in [0, 0.1) is 5.82 Å². The highest BCUT2D eigenvalue weighted by Crippen LogP contribution is 2.30. The van der Waals surface area contributed by atoms with Crippen LogP contribution < -0.4 is 0 Å². The van der Waals surface area contributed by atoms with E-state index in [1.54, 1.807) is 0 Å². The first-order valence-corrected chi connectivity index (χ1v) is 5.36. The fourth-order valence-electron chi connectivity index (χ4n) is 1.64. The van der Waals surface area contributed by atoms with Gasteiger partial charge in [0, 0.05) is 5.56 Å². The molecule has 0 spiro atoms. The Balaban J connectivity index is 2.43. The van der Waals surface area contributed by atoms with Crippen LogP contribution in [0.25, 0.3) is 0 Å². The molecule has 0 heterocycles. The average molecular weight is 268 g/mol. The SMILES string of the molecule is O=C(c1cccc(C(F)(F)F)c1)c1ccccc1F. The monoisotopic (exact) mass is 268 g/mol. The minimum atomic E-state index is -4.54. The molecule has 98 valence electrons. The Morgan fingerprint density at radius 2 is 1.63 bits per heavy atom. The van der Waals surface area contributed by atoms with Gasteiger partial charge < -0.3 is 0 Å². The highest BCUT2D eigenvalue weighted by molar-refractivity contribution is 6.09. The topological polar surface area (TPSA) is 17.1 Å². The molecule has 0 atom stereocenters. The molecule has 1 nitrogen and oxygen atoms in total. The summed E-state index contributed by atoms with van der Waals surface area (Å²) < 4.78 is 51.0. The molecule has 2 rings (SSSR count). The summed E-state index contributed by atoms with van der Waals surface area (Å²) in [6, 6.07) is 9.09. The summed E-state index contributed by atoms with van der Waals surface area (Å²) in [5.41, 5.74) is -1.38. The summed E-state index contributed by atoms with van der Waals surface area (Å²) in [6.45, 7) is 0. The van der Waals surface area contributed by atoms with Crippen molar-refractivity contribution in [2.24, 2.45) is 0 Å². The summed E-state index contributed by atoms with van der Waals surface area (Å²) in [7, 11) is 0. The number of rotatable bonds is 2. The van der Waals surface area contributed by atoms with Gasteiger partial charge in [0.15, 0.2) is 5.78 Å². The lowest BCUT2D eigenvalue weighted by molar-refractivity contribution is -0.137. The van der Waals surface area contributed by atoms with E-state index >= 15 is 0 Å². The van der Waals surface area contributed by atoms with Crippen molar-refractivity contribution in [2.75, 3.05) is 0 Å². The van der Waals surface area contributed by atoms with Crippen molar-refractivity contribution in [1.82, 2.24) is 0 Å². The van der Waals surface area contributed by atoms with Gasteiger partial charge in [-0.15, -0.1) is 0 Å². The van der Waals surface area contributed by atoms with E-state index in [0.29, 0.717) is 0 Å². The molecule has 19 heavy (non-hydrogen) atoms. The molecule has 5 heteroatoms. The van der Waals surface area contributed by atoms with Gasteiger partial charge in [0.05, 0.1) is 11.1 Å². The second-order valence-corrected chi connectivity index (χ2v) is 3.89. The predicted octanol–water partition coefficient (Wildman–Crippen LogP) is 4.08. The fraction of sp³-hybridized carbons (Fsp3) is 0.0714. The molecule has 0 saturated carbocycles. The zero-order valence-electron chi connectivity index (χ0n) is 9.54. The van der Waals surface area contributed by atoms with E-state index in [1.165, 1.54) is 24.3 Å². The standard InChI is InChI=1S/C14H8F4O/c15-12-7-2-1-6-11(12)13(19)9-4-3-5-10(8-9)14(16,17)18/h1-8H. The molecule has 0 fully saturated rings. The van der Waals surface area contributed by atoms with Crippen LogP contribution in [-0.4, -0.2) is 5.78 Å². The van der Waals surface area contributed by atoms with Crippen molar-refractivity contribution in [1.29, 1.82) is 0 Å². The van der Waals surface area contributed by atoms with Crippen LogP contribution in [0.5, 0.6) is 0 Å². The van der Waals surface area contributed by atoms with Crippen LogP contribution in [0.4, 0.5) is 17.6 Å². The molecule has 2 aromatic rings. The van der Waals surface area contributed by atoms with Crippen LogP contribution in [0.2, 0.25) is 0 Å². The molecule has 0 saturated heterocycles. The number of benzene rings is 2. The van der Waals surface area contributed by atoms with Gasteiger partial charge in [0.25, 0.3) is 0 Å². The van der Waals surface area contributed by atoms with Gasteiger partial charge in [-0.05, 0) is 24.3 Å². The molecule has 0 N–H and O–H groups in total. The molecule has 0 aromatic heterocycles. The third-order valence-electron chi connectivity index (χ3n) is 2.57. The number of ketones is 1. The number of hydrogen-bond acceptors (Lipinski definition) is 1. The Morgan fingerprint density at radius 1 is 0.947 bits per heavy atom. The Kier molecular flexibility index (Phi) is 3.38. The number of alkyl halides is 3. The molecule has 0 amide bonds. The molecule has 2 aromatic carbocycles. The van der Waals surface area contributed by atoms with Crippen LogP contribution in [-0.2, 0) is 6.18 Å². The maximum atomic E-state index is 13.4. The highest BCUT2D eigenvalue weighted by Gasteiger charge is 2.31. The van der Waals surface area contributed by atoms with Crippen LogP contribution in [0.1, 0.15) is 21.5 Å². The third kappa shape index (κ3) is 2.81. The van der Waals surface area contributed by atoms with Crippen molar-refractivity contribution >= 4 is 5.78 Å². The zero-order valence-corrected chi connectivity index (χ0v) is 9.54. The molecular formula is C14H8F4O. The highest BCUT2D eigenvalue weighted by atomic mass is 19.4. The number of halogens is 4. The molecular weight excluding hydrogens is 260 g/mol. The summed E-state index contributed by atoms with van der Waals surface area (Å²) in [4.78, 5) is 11.9. The first kappa shape index (κ1) is 13.3. The second kappa shape index (κ2) is 4.84. The largest absolute Gasteiger partial charge is 0.416 e. The fourth-order valence-corrected chi connectivity index (χ4v) is 1.64. The van der Waals surface area contributed by atoms with E-state index in [0.717, 1.165) is 24.3 Å². The Bertz CT molecular complexity index is 617. The van der Waals surface area contributed by atoms with Gasteiger partial charge in [0.2, 0.25) is 0 Å². The molecule has 0 unspecified atom stereocenters. The van der Waals surface area contributed by atoms with Crippen molar-refractivity contribution < 1.29 is 22.4 Å². The van der Waals surface area contributed by atoms with Gasteiger partial charge in [-0.3, -0.25) is 4.79 Å². The van der Waals surface area contributed by atoms with E-state index in [-0.39, 0.29) is 11.1 Å². The Hall–Kier alpha value is -2.17. The average Bonchev–Trinajstić information content (AvgIpc) is 2.38. The van der Waals surface area contributed by atoms with E-state index < -0.39 is 23.3 Å². The van der Waals surface area contributed by atoms with Gasteiger partial charge in [-0.2, -0.15) is 13.2 Å². The van der Waals surface area contributed by atoms with Crippen molar-refractivity contribution in [3.05, 3.63) is 71.0 Å². The minimum Gasteiger partial charge on any atom is -0.288 e. The quantitative estimate of drug-likeness (QED) is 0.592. The van der Waals surface area contributed by atoms with Crippen LogP contribution in [0.3, 0.4) is 0 Å². The lowest BCUT2D eigenvalue weighted by atomic mass is 10.0. The summed E-state index contributed by atoms with van der Waals surface area (Å²) in [5.74, 6) is -1.53. The first-order chi connectivity index (χ1) is 8.89. The maximum Gasteiger partial charge on any atom is 0.416 e. The summed E-state index contributed by atoms with van der Waals surface area (Å²) in [6.07, 6.45) is -4.54. The van der Waals surface area contributed by atoms with Crippen LogP contribution in [0.15, 0.2) is 48.5 Å². The van der Waals surface area contributed by atoms with Crippen molar-refractivity contribution in [3.63, 3.8) is 0 Å². The predicted molar refractivity (Wildman–Crippen MR) is 61.3 cm³/mol. The van der Waals surface area contributed by atoms with Crippen molar-refractivity contribution in [3.8, 4) is 0 Å². The van der Waals surface area contributed by atoms with E-state index in [2.05, 4.69) is 0 Å². The lowest BCUT2D eigenvalue weighted by Gasteiger charge is -2.08. The lowest BCUT2D eigenvalue weighted by Crippen LogP contribution is -2.09. The molecule has 0 bridgehead atoms. The van der Waals surface area contributed by atoms with Crippen LogP contribution >= 0.6 is 0 Å². The maximum absolute atomic E-state index is 13.4. The molecule has 0 aliphatic carbocycles. The minimum absolute atomic E-state index is 0.195. The molecule has 0 aliphatic heterocycles. The molecule has 0 aliphatic rings.